The highest BCUT2D eigenvalue weighted by atomic mass is 16.6. The number of rotatable bonds is 2. The van der Waals surface area contributed by atoms with Gasteiger partial charge in [-0.25, -0.2) is 4.79 Å². The van der Waals surface area contributed by atoms with Gasteiger partial charge in [0.2, 0.25) is 0 Å². The first-order chi connectivity index (χ1) is 8.56. The van der Waals surface area contributed by atoms with Crippen LogP contribution in [-0.4, -0.2) is 46.9 Å². The van der Waals surface area contributed by atoms with Crippen LogP contribution < -0.4 is 5.73 Å². The summed E-state index contributed by atoms with van der Waals surface area (Å²) in [5.74, 6) is 0. The van der Waals surface area contributed by atoms with Crippen LogP contribution in [0.1, 0.15) is 47.5 Å². The Morgan fingerprint density at radius 2 is 2.11 bits per heavy atom. The number of hydrogen-bond donors (Lipinski definition) is 2. The van der Waals surface area contributed by atoms with Crippen molar-refractivity contribution in [3.8, 4) is 0 Å². The molecule has 1 unspecified atom stereocenters. The van der Waals surface area contributed by atoms with E-state index < -0.39 is 11.7 Å². The molecule has 0 aromatic carbocycles. The fourth-order valence-corrected chi connectivity index (χ4v) is 2.43. The summed E-state index contributed by atoms with van der Waals surface area (Å²) in [4.78, 5) is 13.9. The lowest BCUT2D eigenvalue weighted by Crippen LogP contribution is -2.56. The van der Waals surface area contributed by atoms with Crippen LogP contribution >= 0.6 is 0 Å². The van der Waals surface area contributed by atoms with Crippen LogP contribution in [0.3, 0.4) is 0 Å². The third kappa shape index (κ3) is 4.66. The fraction of sp³-hybridized carbons (Fsp3) is 0.929. The first-order valence-corrected chi connectivity index (χ1v) is 6.93. The molecule has 1 rings (SSSR count). The van der Waals surface area contributed by atoms with Gasteiger partial charge in [-0.15, -0.1) is 0 Å². The number of hydrogen-bond acceptors (Lipinski definition) is 4. The zero-order valence-corrected chi connectivity index (χ0v) is 12.8. The maximum absolute atomic E-state index is 12.3. The Bertz CT molecular complexity index is 323. The lowest BCUT2D eigenvalue weighted by molar-refractivity contribution is -0.0350. The van der Waals surface area contributed by atoms with Gasteiger partial charge in [0.1, 0.15) is 5.60 Å². The van der Waals surface area contributed by atoms with Crippen LogP contribution in [0, 0.1) is 5.41 Å². The zero-order chi connectivity index (χ0) is 14.8. The predicted octanol–water partition coefficient (Wildman–Crippen LogP) is 1.73. The molecule has 112 valence electrons. The van der Waals surface area contributed by atoms with Gasteiger partial charge in [-0.1, -0.05) is 13.8 Å². The van der Waals surface area contributed by atoms with Crippen molar-refractivity contribution in [2.24, 2.45) is 11.1 Å². The van der Waals surface area contributed by atoms with E-state index in [1.165, 1.54) is 0 Å². The highest BCUT2D eigenvalue weighted by Crippen LogP contribution is 2.33. The summed E-state index contributed by atoms with van der Waals surface area (Å²) < 4.78 is 5.43. The number of aliphatic hydroxyl groups excluding tert-OH is 1. The van der Waals surface area contributed by atoms with E-state index in [1.807, 2.05) is 20.8 Å². The monoisotopic (exact) mass is 272 g/mol. The largest absolute Gasteiger partial charge is 0.444 e. The van der Waals surface area contributed by atoms with Crippen LogP contribution in [0.2, 0.25) is 0 Å². The average Bonchev–Trinajstić information content (AvgIpc) is 2.24. The number of likely N-dealkylation sites (tertiary alicyclic amines) is 1. The number of nitrogens with two attached hydrogens (primary N) is 1. The quantitative estimate of drug-likeness (QED) is 0.802. The highest BCUT2D eigenvalue weighted by molar-refractivity contribution is 5.69. The van der Waals surface area contributed by atoms with E-state index in [2.05, 4.69) is 13.8 Å². The smallest absolute Gasteiger partial charge is 0.410 e. The van der Waals surface area contributed by atoms with Crippen molar-refractivity contribution in [2.45, 2.75) is 65.2 Å². The molecule has 0 spiro atoms. The second kappa shape index (κ2) is 5.67. The van der Waals surface area contributed by atoms with E-state index >= 15 is 0 Å². The van der Waals surface area contributed by atoms with Crippen LogP contribution in [0.4, 0.5) is 4.79 Å². The highest BCUT2D eigenvalue weighted by Gasteiger charge is 2.40. The zero-order valence-electron chi connectivity index (χ0n) is 12.8. The Balaban J connectivity index is 2.85. The summed E-state index contributed by atoms with van der Waals surface area (Å²) in [5, 5.41) is 10.00. The van der Waals surface area contributed by atoms with E-state index in [0.29, 0.717) is 6.54 Å². The minimum atomic E-state index is -0.691. The maximum atomic E-state index is 12.3. The number of piperidine rings is 1. The van der Waals surface area contributed by atoms with Gasteiger partial charge in [0.05, 0.1) is 12.1 Å². The second-order valence-corrected chi connectivity index (χ2v) is 7.18. The lowest BCUT2D eigenvalue weighted by Gasteiger charge is -2.45. The summed E-state index contributed by atoms with van der Waals surface area (Å²) in [6.45, 7) is 10.5. The number of nitrogens with zero attached hydrogens (tertiary/aromatic N) is 1. The molecule has 0 radical (unpaired) electrons. The van der Waals surface area contributed by atoms with Crippen LogP contribution in [-0.2, 0) is 4.74 Å². The number of aliphatic hydroxyl groups is 1. The van der Waals surface area contributed by atoms with Crippen molar-refractivity contribution in [2.75, 3.05) is 13.1 Å². The van der Waals surface area contributed by atoms with Crippen molar-refractivity contribution < 1.29 is 14.6 Å². The summed E-state index contributed by atoms with van der Waals surface area (Å²) in [5.41, 5.74) is 5.04. The van der Waals surface area contributed by atoms with E-state index in [1.54, 1.807) is 4.90 Å². The Kier molecular flexibility index (Phi) is 4.85. The molecule has 1 amide bonds. The molecule has 0 aliphatic carbocycles. The van der Waals surface area contributed by atoms with Crippen molar-refractivity contribution in [1.82, 2.24) is 4.90 Å². The van der Waals surface area contributed by atoms with Crippen LogP contribution in [0.15, 0.2) is 0 Å². The van der Waals surface area contributed by atoms with E-state index in [4.69, 9.17) is 10.5 Å². The molecular weight excluding hydrogens is 244 g/mol. The Labute approximate surface area is 116 Å². The van der Waals surface area contributed by atoms with Gasteiger partial charge in [-0.3, -0.25) is 0 Å². The SMILES string of the molecule is CC1(C)CCC([C@H](O)CN)N(C(=O)OC(C)(C)C)C1. The lowest BCUT2D eigenvalue weighted by atomic mass is 9.80. The number of carbonyl (C=O) groups is 1. The van der Waals surface area contributed by atoms with Crippen molar-refractivity contribution in [1.29, 1.82) is 0 Å². The molecule has 1 fully saturated rings. The van der Waals surface area contributed by atoms with Gasteiger partial charge in [0.25, 0.3) is 0 Å². The molecule has 0 aromatic heterocycles. The molecule has 19 heavy (non-hydrogen) atoms. The summed E-state index contributed by atoms with van der Waals surface area (Å²) in [6.07, 6.45) is 0.667. The van der Waals surface area contributed by atoms with Gasteiger partial charge in [0.15, 0.2) is 0 Å². The average molecular weight is 272 g/mol. The van der Waals surface area contributed by atoms with Gasteiger partial charge in [-0.2, -0.15) is 0 Å². The standard InChI is InChI=1S/C14H28N2O3/c1-13(2,3)19-12(18)16-9-14(4,5)7-6-10(16)11(17)8-15/h10-11,17H,6-9,15H2,1-5H3/t10?,11-/m1/s1. The molecule has 5 heteroatoms. The van der Waals surface area contributed by atoms with Gasteiger partial charge in [-0.05, 0) is 39.0 Å². The topological polar surface area (TPSA) is 75.8 Å². The molecule has 2 atom stereocenters. The molecule has 1 saturated heterocycles. The van der Waals surface area contributed by atoms with Crippen LogP contribution in [0.25, 0.3) is 0 Å². The Morgan fingerprint density at radius 1 is 1.53 bits per heavy atom. The first kappa shape index (κ1) is 16.2. The first-order valence-electron chi connectivity index (χ1n) is 6.93. The van der Waals surface area contributed by atoms with Gasteiger partial charge < -0.3 is 20.5 Å². The molecule has 0 saturated carbocycles. The normalized spacial score (nSPS) is 25.0. The second-order valence-electron chi connectivity index (χ2n) is 7.18. The summed E-state index contributed by atoms with van der Waals surface area (Å²) in [7, 11) is 0. The molecular formula is C14H28N2O3. The molecule has 0 aromatic rings. The summed E-state index contributed by atoms with van der Waals surface area (Å²) in [6, 6.07) is -0.243. The van der Waals surface area contributed by atoms with E-state index in [0.717, 1.165) is 12.8 Å². The molecule has 3 N–H and O–H groups in total. The van der Waals surface area contributed by atoms with Crippen molar-refractivity contribution >= 4 is 6.09 Å². The van der Waals surface area contributed by atoms with Crippen molar-refractivity contribution in [3.05, 3.63) is 0 Å². The Hall–Kier alpha value is -0.810. The minimum absolute atomic E-state index is 0.0434. The summed E-state index contributed by atoms with van der Waals surface area (Å²) >= 11 is 0. The number of carbonyl (C=O) groups excluding carboxylic acids is 1. The molecule has 0 bridgehead atoms. The maximum Gasteiger partial charge on any atom is 0.410 e. The van der Waals surface area contributed by atoms with Gasteiger partial charge >= 0.3 is 6.09 Å². The number of ether oxygens (including phenoxy) is 1. The predicted molar refractivity (Wildman–Crippen MR) is 74.8 cm³/mol. The van der Waals surface area contributed by atoms with E-state index in [9.17, 15) is 9.90 Å². The van der Waals surface area contributed by atoms with Crippen LogP contribution in [0.5, 0.6) is 0 Å². The minimum Gasteiger partial charge on any atom is -0.444 e. The number of amides is 1. The van der Waals surface area contributed by atoms with E-state index in [-0.39, 0.29) is 24.1 Å². The Morgan fingerprint density at radius 3 is 2.58 bits per heavy atom. The van der Waals surface area contributed by atoms with Crippen molar-refractivity contribution in [3.63, 3.8) is 0 Å². The molecule has 1 heterocycles. The molecule has 1 aliphatic heterocycles. The molecule has 1 aliphatic rings. The van der Waals surface area contributed by atoms with Gasteiger partial charge in [0, 0.05) is 13.1 Å². The third-order valence-corrected chi connectivity index (χ3v) is 3.43. The fourth-order valence-electron chi connectivity index (χ4n) is 2.43. The molecule has 5 nitrogen and oxygen atoms in total. The third-order valence-electron chi connectivity index (χ3n) is 3.43.